The van der Waals surface area contributed by atoms with E-state index in [1.165, 1.54) is 6.20 Å². The third kappa shape index (κ3) is 4.39. The molecule has 2 aromatic heterocycles. The first kappa shape index (κ1) is 23.0. The topological polar surface area (TPSA) is 115 Å². The zero-order valence-electron chi connectivity index (χ0n) is 19.4. The molecule has 0 radical (unpaired) electrons. The van der Waals surface area contributed by atoms with E-state index in [1.54, 1.807) is 18.3 Å². The number of anilines is 3. The van der Waals surface area contributed by atoms with E-state index in [1.807, 2.05) is 18.9 Å². The van der Waals surface area contributed by atoms with Gasteiger partial charge in [-0.1, -0.05) is 0 Å². The number of fused-ring (bicyclic) bond motifs is 2. The summed E-state index contributed by atoms with van der Waals surface area (Å²) in [5, 5.41) is 6.73. The van der Waals surface area contributed by atoms with Gasteiger partial charge in [0.25, 0.3) is 0 Å². The highest BCUT2D eigenvalue weighted by Crippen LogP contribution is 2.39. The van der Waals surface area contributed by atoms with Gasteiger partial charge in [0.05, 0.1) is 5.69 Å². The van der Waals surface area contributed by atoms with Crippen LogP contribution in [0.2, 0.25) is 0 Å². The van der Waals surface area contributed by atoms with Gasteiger partial charge in [-0.3, -0.25) is 5.32 Å². The number of piperidine rings is 1. The van der Waals surface area contributed by atoms with Crippen molar-refractivity contribution in [1.82, 2.24) is 14.9 Å². The van der Waals surface area contributed by atoms with Crippen LogP contribution in [-0.4, -0.2) is 66.5 Å². The molecule has 0 aliphatic carbocycles. The zero-order chi connectivity index (χ0) is 24.7. The maximum absolute atomic E-state index is 15.3. The monoisotopic (exact) mass is 484 g/mol. The molecular weight excluding hydrogens is 458 g/mol. The Balaban J connectivity index is 1.43. The lowest BCUT2D eigenvalue weighted by atomic mass is 9.97. The number of halogens is 2. The molecule has 1 saturated heterocycles. The number of likely N-dealkylation sites (tertiary alicyclic amines) is 1. The molecule has 3 aromatic rings. The first-order chi connectivity index (χ1) is 16.8. The third-order valence-electron chi connectivity index (χ3n) is 6.41. The van der Waals surface area contributed by atoms with E-state index in [0.717, 1.165) is 5.56 Å². The summed E-state index contributed by atoms with van der Waals surface area (Å²) in [6.45, 7) is 3.83. The highest BCUT2D eigenvalue weighted by molar-refractivity contribution is 5.99. The molecule has 0 spiro atoms. The van der Waals surface area contributed by atoms with E-state index in [2.05, 4.69) is 20.6 Å². The molecule has 184 valence electrons. The molecule has 2 aliphatic heterocycles. The fourth-order valence-corrected chi connectivity index (χ4v) is 4.49. The van der Waals surface area contributed by atoms with Crippen LogP contribution in [0, 0.1) is 12.7 Å². The molecule has 4 heterocycles. The zero-order valence-corrected chi connectivity index (χ0v) is 19.4. The van der Waals surface area contributed by atoms with Gasteiger partial charge in [-0.15, -0.1) is 0 Å². The number of nitrogens with zero attached hydrogens (tertiary/aromatic N) is 3. The van der Waals surface area contributed by atoms with Crippen molar-refractivity contribution in [2.75, 3.05) is 49.7 Å². The Labute approximate surface area is 200 Å². The van der Waals surface area contributed by atoms with Crippen molar-refractivity contribution in [3.8, 4) is 17.0 Å². The largest absolute Gasteiger partial charge is 0.474 e. The Hall–Kier alpha value is -3.73. The van der Waals surface area contributed by atoms with E-state index in [9.17, 15) is 9.18 Å². The second kappa shape index (κ2) is 9.14. The maximum atomic E-state index is 15.3. The van der Waals surface area contributed by atoms with Gasteiger partial charge >= 0.3 is 6.09 Å². The lowest BCUT2D eigenvalue weighted by Gasteiger charge is -2.31. The molecule has 4 N–H and O–H groups in total. The first-order valence-electron chi connectivity index (χ1n) is 11.4. The second-order valence-corrected chi connectivity index (χ2v) is 8.83. The fourth-order valence-electron chi connectivity index (χ4n) is 4.49. The number of nitrogen functional groups attached to an aromatic ring is 1. The Morgan fingerprint density at radius 3 is 2.94 bits per heavy atom. The van der Waals surface area contributed by atoms with Gasteiger partial charge < -0.3 is 25.4 Å². The van der Waals surface area contributed by atoms with Gasteiger partial charge in [0, 0.05) is 55.0 Å². The predicted molar refractivity (Wildman–Crippen MR) is 129 cm³/mol. The fraction of sp³-hybridized carbons (Fsp3) is 0.375. The summed E-state index contributed by atoms with van der Waals surface area (Å²) in [5.74, 6) is 0.0661. The van der Waals surface area contributed by atoms with Crippen molar-refractivity contribution < 1.29 is 23.0 Å². The lowest BCUT2D eigenvalue weighted by Crippen LogP contribution is -2.45. The summed E-state index contributed by atoms with van der Waals surface area (Å²) in [6.07, 6.45) is 0.461. The average Bonchev–Trinajstić information content (AvgIpc) is 2.84. The van der Waals surface area contributed by atoms with Gasteiger partial charge in [0.15, 0.2) is 5.82 Å². The van der Waals surface area contributed by atoms with Crippen LogP contribution in [-0.2, 0) is 4.74 Å². The van der Waals surface area contributed by atoms with E-state index < -0.39 is 24.2 Å². The van der Waals surface area contributed by atoms with Crippen LogP contribution < -0.4 is 21.1 Å². The number of hydrogen-bond acceptors (Lipinski definition) is 8. The first-order valence-corrected chi connectivity index (χ1v) is 11.4. The molecular formula is C24H26F2N6O3. The average molecular weight is 485 g/mol. The standard InChI is InChI=1S/C24H26F2N6O3/c1-12-15(9-30-23-22(12)28-4-6-34-23)14-7-13-8-19(29-10-16(13)21(27)20(14)26)31-24(33)35-18-3-5-32(2)11-17(18)25/h7-10,17-18,28H,3-6,11,27H2,1-2H3,(H,29,31,33)/t17-,18+/m0/s1. The number of aromatic nitrogens is 2. The number of pyridine rings is 2. The predicted octanol–water partition coefficient (Wildman–Crippen LogP) is 3.72. The van der Waals surface area contributed by atoms with Crippen molar-refractivity contribution in [2.45, 2.75) is 25.6 Å². The van der Waals surface area contributed by atoms with Crippen molar-refractivity contribution in [3.63, 3.8) is 0 Å². The Kier molecular flexibility index (Phi) is 6.01. The Bertz CT molecular complexity index is 1300. The third-order valence-corrected chi connectivity index (χ3v) is 6.41. The number of carbonyl (C=O) groups is 1. The van der Waals surface area contributed by atoms with Crippen LogP contribution in [0.15, 0.2) is 24.5 Å². The highest BCUT2D eigenvalue weighted by Gasteiger charge is 2.30. The van der Waals surface area contributed by atoms with Crippen LogP contribution in [0.25, 0.3) is 21.9 Å². The molecule has 1 fully saturated rings. The Morgan fingerprint density at radius 1 is 1.31 bits per heavy atom. The number of nitrogens with two attached hydrogens (primary N) is 1. The highest BCUT2D eigenvalue weighted by atomic mass is 19.1. The number of rotatable bonds is 3. The van der Waals surface area contributed by atoms with Crippen molar-refractivity contribution in [3.05, 3.63) is 35.9 Å². The van der Waals surface area contributed by atoms with Gasteiger partial charge in [0.1, 0.15) is 30.4 Å². The van der Waals surface area contributed by atoms with Crippen LogP contribution in [0.3, 0.4) is 0 Å². The second-order valence-electron chi connectivity index (χ2n) is 8.83. The molecule has 1 amide bonds. The molecule has 5 rings (SSSR count). The molecule has 35 heavy (non-hydrogen) atoms. The molecule has 11 heteroatoms. The molecule has 0 unspecified atom stereocenters. The molecule has 1 aromatic carbocycles. The minimum absolute atomic E-state index is 0.0629. The summed E-state index contributed by atoms with van der Waals surface area (Å²) in [7, 11) is 1.82. The van der Waals surface area contributed by atoms with E-state index in [-0.39, 0.29) is 23.6 Å². The van der Waals surface area contributed by atoms with Gasteiger partial charge in [-0.25, -0.2) is 23.5 Å². The van der Waals surface area contributed by atoms with Crippen molar-refractivity contribution in [2.24, 2.45) is 0 Å². The smallest absolute Gasteiger partial charge is 0.413 e. The number of ether oxygens (including phenoxy) is 2. The summed E-state index contributed by atoms with van der Waals surface area (Å²) >= 11 is 0. The summed E-state index contributed by atoms with van der Waals surface area (Å²) < 4.78 is 40.3. The van der Waals surface area contributed by atoms with Gasteiger partial charge in [-0.2, -0.15) is 0 Å². The normalized spacial score (nSPS) is 20.0. The van der Waals surface area contributed by atoms with Crippen LogP contribution in [0.5, 0.6) is 5.88 Å². The molecule has 2 aliphatic rings. The number of nitrogens with one attached hydrogen (secondary N) is 2. The lowest BCUT2D eigenvalue weighted by molar-refractivity contribution is 0.00405. The Morgan fingerprint density at radius 2 is 2.14 bits per heavy atom. The number of benzene rings is 1. The number of alkyl halides is 1. The van der Waals surface area contributed by atoms with E-state index >= 15 is 4.39 Å². The van der Waals surface area contributed by atoms with Crippen molar-refractivity contribution in [1.29, 1.82) is 0 Å². The summed E-state index contributed by atoms with van der Waals surface area (Å²) in [4.78, 5) is 22.7. The quantitative estimate of drug-likeness (QED) is 0.482. The molecule has 0 bridgehead atoms. The SMILES string of the molecule is Cc1c(-c2cc3cc(NC(=O)O[C@@H]4CCN(C)C[C@@H]4F)ncc3c(N)c2F)cnc2c1NCCO2. The minimum atomic E-state index is -1.26. The maximum Gasteiger partial charge on any atom is 0.413 e. The molecule has 0 saturated carbocycles. The van der Waals surface area contributed by atoms with Crippen molar-refractivity contribution >= 4 is 34.1 Å². The number of hydrogen-bond donors (Lipinski definition) is 3. The van der Waals surface area contributed by atoms with E-state index in [4.69, 9.17) is 15.2 Å². The van der Waals surface area contributed by atoms with E-state index in [0.29, 0.717) is 54.0 Å². The van der Waals surface area contributed by atoms with Crippen LogP contribution in [0.1, 0.15) is 12.0 Å². The summed E-state index contributed by atoms with van der Waals surface area (Å²) in [6, 6.07) is 3.20. The summed E-state index contributed by atoms with van der Waals surface area (Å²) in [5.41, 5.74) is 8.37. The number of carbonyl (C=O) groups excluding carboxylic acids is 1. The van der Waals surface area contributed by atoms with Gasteiger partial charge in [-0.05, 0) is 37.1 Å². The van der Waals surface area contributed by atoms with Crippen LogP contribution in [0.4, 0.5) is 30.8 Å². The molecule has 2 atom stereocenters. The number of amides is 1. The minimum Gasteiger partial charge on any atom is -0.474 e. The molecule has 9 nitrogen and oxygen atoms in total. The van der Waals surface area contributed by atoms with Crippen LogP contribution >= 0.6 is 0 Å². The van der Waals surface area contributed by atoms with Gasteiger partial charge in [0.2, 0.25) is 5.88 Å².